The number of anilines is 1. The number of nitrogens with one attached hydrogen (secondary N) is 2. The Morgan fingerprint density at radius 2 is 2.00 bits per heavy atom. The van der Waals surface area contributed by atoms with Gasteiger partial charge in [-0.1, -0.05) is 19.3 Å². The number of aromatic amines is 1. The molecule has 1 aliphatic carbocycles. The molecule has 0 bridgehead atoms. The second kappa shape index (κ2) is 5.38. The maximum absolute atomic E-state index is 12.7. The van der Waals surface area contributed by atoms with Gasteiger partial charge in [0.1, 0.15) is 0 Å². The summed E-state index contributed by atoms with van der Waals surface area (Å²) in [6, 6.07) is 0.139. The predicted octanol–water partition coefficient (Wildman–Crippen LogP) is 1.45. The summed E-state index contributed by atoms with van der Waals surface area (Å²) in [5, 5.41) is 2.90. The van der Waals surface area contributed by atoms with Crippen molar-refractivity contribution in [3.05, 3.63) is 20.8 Å². The molecule has 2 heterocycles. The Balaban J connectivity index is 2.32. The number of fused-ring (bicyclic) bond motifs is 1. The molecule has 0 aromatic carbocycles. The molecule has 0 aliphatic heterocycles. The first-order valence-electron chi connectivity index (χ1n) is 7.60. The largest absolute Gasteiger partial charge is 0.359 e. The Hall–Kier alpha value is -2.05. The van der Waals surface area contributed by atoms with E-state index in [1.165, 1.54) is 11.0 Å². The summed E-state index contributed by atoms with van der Waals surface area (Å²) >= 11 is 0. The fraction of sp³-hybridized carbons (Fsp3) is 0.643. The van der Waals surface area contributed by atoms with Crippen molar-refractivity contribution in [3.8, 4) is 0 Å². The highest BCUT2D eigenvalue weighted by Crippen LogP contribution is 2.28. The van der Waals surface area contributed by atoms with Gasteiger partial charge in [-0.15, -0.1) is 0 Å². The third-order valence-electron chi connectivity index (χ3n) is 4.30. The minimum Gasteiger partial charge on any atom is -0.359 e. The van der Waals surface area contributed by atoms with Gasteiger partial charge in [0.15, 0.2) is 11.2 Å². The monoisotopic (exact) mass is 291 g/mol. The van der Waals surface area contributed by atoms with E-state index in [1.807, 2.05) is 6.92 Å². The van der Waals surface area contributed by atoms with Gasteiger partial charge in [-0.05, 0) is 19.8 Å². The maximum atomic E-state index is 12.7. The summed E-state index contributed by atoms with van der Waals surface area (Å²) in [6.45, 7) is 2.18. The van der Waals surface area contributed by atoms with Gasteiger partial charge in [0.05, 0.1) is 0 Å². The van der Waals surface area contributed by atoms with Gasteiger partial charge < -0.3 is 10.3 Å². The number of H-pyrrole nitrogens is 1. The van der Waals surface area contributed by atoms with Gasteiger partial charge in [-0.25, -0.2) is 4.79 Å². The highest BCUT2D eigenvalue weighted by molar-refractivity contribution is 5.72. The lowest BCUT2D eigenvalue weighted by molar-refractivity contribution is 0.343. The lowest BCUT2D eigenvalue weighted by Crippen LogP contribution is -2.41. The van der Waals surface area contributed by atoms with Crippen LogP contribution in [-0.2, 0) is 6.54 Å². The van der Waals surface area contributed by atoms with E-state index < -0.39 is 0 Å². The van der Waals surface area contributed by atoms with E-state index in [9.17, 15) is 9.59 Å². The standard InChI is InChI=1S/C14H21N5O2/c1-3-18-12(20)10-11(17-13(15-2)16-10)19(14(18)21)9-7-5-4-6-8-9/h9H,3-8H2,1-2H3,(H2,15,16,17). The van der Waals surface area contributed by atoms with Crippen LogP contribution in [-0.4, -0.2) is 26.1 Å². The molecule has 3 rings (SSSR count). The zero-order valence-electron chi connectivity index (χ0n) is 12.5. The molecule has 1 saturated carbocycles. The quantitative estimate of drug-likeness (QED) is 0.896. The number of rotatable bonds is 3. The van der Waals surface area contributed by atoms with Crippen molar-refractivity contribution in [2.24, 2.45) is 0 Å². The lowest BCUT2D eigenvalue weighted by atomic mass is 9.95. The van der Waals surface area contributed by atoms with Crippen molar-refractivity contribution in [1.29, 1.82) is 0 Å². The third kappa shape index (κ3) is 2.16. The molecule has 1 aliphatic rings. The molecule has 0 radical (unpaired) electrons. The first-order chi connectivity index (χ1) is 10.2. The van der Waals surface area contributed by atoms with Crippen LogP contribution in [0.15, 0.2) is 9.59 Å². The SMILES string of the molecule is CCn1c(=O)c2[nH]c(NC)nc2n(C2CCCCC2)c1=O. The second-order valence-electron chi connectivity index (χ2n) is 5.53. The number of aromatic nitrogens is 4. The average molecular weight is 291 g/mol. The Kier molecular flexibility index (Phi) is 3.57. The van der Waals surface area contributed by atoms with Crippen LogP contribution in [0.2, 0.25) is 0 Å². The van der Waals surface area contributed by atoms with Gasteiger partial charge in [0.2, 0.25) is 5.95 Å². The van der Waals surface area contributed by atoms with Gasteiger partial charge in [0.25, 0.3) is 5.56 Å². The molecular weight excluding hydrogens is 270 g/mol. The Labute approximate surface area is 122 Å². The summed E-state index contributed by atoms with van der Waals surface area (Å²) < 4.78 is 3.01. The Morgan fingerprint density at radius 3 is 2.62 bits per heavy atom. The van der Waals surface area contributed by atoms with Crippen LogP contribution in [0.3, 0.4) is 0 Å². The highest BCUT2D eigenvalue weighted by Gasteiger charge is 2.23. The molecule has 0 spiro atoms. The van der Waals surface area contributed by atoms with Crippen LogP contribution in [0, 0.1) is 0 Å². The summed E-state index contributed by atoms with van der Waals surface area (Å²) in [4.78, 5) is 32.4. The fourth-order valence-corrected chi connectivity index (χ4v) is 3.20. The van der Waals surface area contributed by atoms with Crippen LogP contribution >= 0.6 is 0 Å². The predicted molar refractivity (Wildman–Crippen MR) is 82.0 cm³/mol. The highest BCUT2D eigenvalue weighted by atomic mass is 16.2. The maximum Gasteiger partial charge on any atom is 0.332 e. The summed E-state index contributed by atoms with van der Waals surface area (Å²) in [5.41, 5.74) is 0.354. The summed E-state index contributed by atoms with van der Waals surface area (Å²) in [6.07, 6.45) is 5.39. The zero-order chi connectivity index (χ0) is 15.0. The molecule has 0 atom stereocenters. The molecule has 21 heavy (non-hydrogen) atoms. The van der Waals surface area contributed by atoms with E-state index in [0.29, 0.717) is 23.7 Å². The van der Waals surface area contributed by atoms with Gasteiger partial charge in [0, 0.05) is 19.6 Å². The fourth-order valence-electron chi connectivity index (χ4n) is 3.20. The van der Waals surface area contributed by atoms with Crippen molar-refractivity contribution in [2.75, 3.05) is 12.4 Å². The van der Waals surface area contributed by atoms with Crippen molar-refractivity contribution in [3.63, 3.8) is 0 Å². The summed E-state index contributed by atoms with van der Waals surface area (Å²) in [7, 11) is 1.74. The first kappa shape index (κ1) is 13.9. The topological polar surface area (TPSA) is 84.7 Å². The first-order valence-corrected chi connectivity index (χ1v) is 7.60. The van der Waals surface area contributed by atoms with Crippen molar-refractivity contribution >= 4 is 17.1 Å². The van der Waals surface area contributed by atoms with Gasteiger partial charge >= 0.3 is 5.69 Å². The number of hydrogen-bond donors (Lipinski definition) is 2. The van der Waals surface area contributed by atoms with E-state index in [-0.39, 0.29) is 17.3 Å². The molecule has 0 unspecified atom stereocenters. The molecule has 2 aromatic rings. The van der Waals surface area contributed by atoms with Gasteiger partial charge in [-0.3, -0.25) is 13.9 Å². The molecule has 114 valence electrons. The van der Waals surface area contributed by atoms with Crippen LogP contribution in [0.25, 0.3) is 11.2 Å². The van der Waals surface area contributed by atoms with Gasteiger partial charge in [-0.2, -0.15) is 4.98 Å². The summed E-state index contributed by atoms with van der Waals surface area (Å²) in [5.74, 6) is 0.514. The van der Waals surface area contributed by atoms with Crippen LogP contribution in [0.5, 0.6) is 0 Å². The zero-order valence-corrected chi connectivity index (χ0v) is 12.5. The van der Waals surface area contributed by atoms with Crippen LogP contribution in [0.4, 0.5) is 5.95 Å². The lowest BCUT2D eigenvalue weighted by Gasteiger charge is -2.24. The number of hydrogen-bond acceptors (Lipinski definition) is 4. The molecule has 1 fully saturated rings. The normalized spacial score (nSPS) is 16.5. The molecule has 2 aromatic heterocycles. The van der Waals surface area contributed by atoms with E-state index in [2.05, 4.69) is 15.3 Å². The molecule has 2 N–H and O–H groups in total. The molecule has 0 saturated heterocycles. The Morgan fingerprint density at radius 1 is 1.29 bits per heavy atom. The minimum atomic E-state index is -0.293. The van der Waals surface area contributed by atoms with E-state index in [1.54, 1.807) is 11.6 Å². The molecule has 0 amide bonds. The van der Waals surface area contributed by atoms with E-state index >= 15 is 0 Å². The van der Waals surface area contributed by atoms with Crippen molar-refractivity contribution < 1.29 is 0 Å². The molecule has 7 heteroatoms. The molecule has 7 nitrogen and oxygen atoms in total. The Bertz CT molecular complexity index is 764. The van der Waals surface area contributed by atoms with E-state index in [0.717, 1.165) is 25.7 Å². The molecular formula is C14H21N5O2. The second-order valence-corrected chi connectivity index (χ2v) is 5.53. The number of nitrogens with zero attached hydrogens (tertiary/aromatic N) is 3. The smallest absolute Gasteiger partial charge is 0.332 e. The van der Waals surface area contributed by atoms with Crippen LogP contribution in [0.1, 0.15) is 45.1 Å². The number of imidazole rings is 1. The van der Waals surface area contributed by atoms with Crippen LogP contribution < -0.4 is 16.6 Å². The third-order valence-corrected chi connectivity index (χ3v) is 4.30. The average Bonchev–Trinajstić information content (AvgIpc) is 2.93. The van der Waals surface area contributed by atoms with E-state index in [4.69, 9.17) is 0 Å². The van der Waals surface area contributed by atoms with Crippen molar-refractivity contribution in [2.45, 2.75) is 51.6 Å². The van der Waals surface area contributed by atoms with Crippen molar-refractivity contribution in [1.82, 2.24) is 19.1 Å². The minimum absolute atomic E-state index is 0.139.